The van der Waals surface area contributed by atoms with Crippen LogP contribution < -0.4 is 4.90 Å². The number of fused-ring (bicyclic) bond motifs is 2. The first-order valence-electron chi connectivity index (χ1n) is 14.5. The van der Waals surface area contributed by atoms with Crippen molar-refractivity contribution >= 4 is 46.0 Å². The summed E-state index contributed by atoms with van der Waals surface area (Å²) in [6, 6.07) is 12.5. The van der Waals surface area contributed by atoms with Crippen LogP contribution in [0, 0.1) is 23.7 Å². The number of benzene rings is 2. The van der Waals surface area contributed by atoms with E-state index in [2.05, 4.69) is 20.1 Å². The molecule has 8 heteroatoms. The van der Waals surface area contributed by atoms with Crippen LogP contribution in [0.4, 0.5) is 5.69 Å². The maximum atomic E-state index is 14.9. The topological polar surface area (TPSA) is 87.2 Å². The number of ether oxygens (including phenoxy) is 1. The van der Waals surface area contributed by atoms with Gasteiger partial charge in [-0.3, -0.25) is 14.4 Å². The second kappa shape index (κ2) is 11.6. The molecular formula is C33H40N2O5S. The molecule has 218 valence electrons. The molecule has 7 atom stereocenters. The summed E-state index contributed by atoms with van der Waals surface area (Å²) in [6.07, 6.45) is 4.64. The fourth-order valence-corrected chi connectivity index (χ4v) is 9.66. The van der Waals surface area contributed by atoms with Crippen LogP contribution in [-0.2, 0) is 19.1 Å². The Bertz CT molecular complexity index is 1360. The number of thioether (sulfide) groups is 1. The van der Waals surface area contributed by atoms with Gasteiger partial charge in [-0.1, -0.05) is 63.3 Å². The monoisotopic (exact) mass is 576 g/mol. The predicted octanol–water partition coefficient (Wildman–Crippen LogP) is 4.83. The Morgan fingerprint density at radius 3 is 2.59 bits per heavy atom. The molecule has 3 aliphatic heterocycles. The van der Waals surface area contributed by atoms with Crippen molar-refractivity contribution in [1.29, 1.82) is 0 Å². The van der Waals surface area contributed by atoms with E-state index in [1.807, 2.05) is 56.3 Å². The van der Waals surface area contributed by atoms with Crippen molar-refractivity contribution in [2.24, 2.45) is 23.7 Å². The molecule has 0 radical (unpaired) electrons. The number of rotatable bonds is 11. The van der Waals surface area contributed by atoms with Crippen molar-refractivity contribution in [2.45, 2.75) is 55.7 Å². The highest BCUT2D eigenvalue weighted by Gasteiger charge is 2.77. The quantitative estimate of drug-likeness (QED) is 0.234. The number of esters is 1. The number of carbonyl (C=O) groups is 3. The van der Waals surface area contributed by atoms with E-state index in [-0.39, 0.29) is 54.6 Å². The molecule has 3 saturated heterocycles. The lowest BCUT2D eigenvalue weighted by atomic mass is 9.66. The number of aliphatic hydroxyl groups excluding tert-OH is 1. The zero-order chi connectivity index (χ0) is 29.5. The number of likely N-dealkylation sites (tertiary alicyclic amines) is 1. The van der Waals surface area contributed by atoms with Crippen LogP contribution in [-0.4, -0.2) is 69.6 Å². The number of hydrogen-bond donors (Lipinski definition) is 1. The zero-order valence-corrected chi connectivity index (χ0v) is 24.9. The number of nitrogens with zero attached hydrogens (tertiary/aromatic N) is 2. The third kappa shape index (κ3) is 4.69. The Kier molecular flexibility index (Phi) is 8.35. The minimum absolute atomic E-state index is 0.0105. The first kappa shape index (κ1) is 29.4. The minimum atomic E-state index is -0.845. The van der Waals surface area contributed by atoms with E-state index < -0.39 is 28.7 Å². The van der Waals surface area contributed by atoms with Crippen LogP contribution in [0.5, 0.6) is 0 Å². The van der Waals surface area contributed by atoms with Gasteiger partial charge < -0.3 is 19.6 Å². The highest BCUT2D eigenvalue weighted by Crippen LogP contribution is 2.69. The molecule has 1 N–H and O–H groups in total. The summed E-state index contributed by atoms with van der Waals surface area (Å²) in [5.41, 5.74) is 0.719. The SMILES string of the molecule is C=CCCOC(=O)[C@@H]1[C@@H]2CC(C)C3(S2)C(C(=O)N(CC=C)c2ccc4ccccc4c2)N([C@@H](CO)C(C)C)C(=O)[C@H]13. The molecule has 3 unspecified atom stereocenters. The number of carbonyl (C=O) groups excluding carboxylic acids is 3. The van der Waals surface area contributed by atoms with Crippen molar-refractivity contribution in [3.8, 4) is 0 Å². The summed E-state index contributed by atoms with van der Waals surface area (Å²) in [5.74, 6) is -2.24. The lowest BCUT2D eigenvalue weighted by molar-refractivity contribution is -0.155. The maximum absolute atomic E-state index is 14.9. The fraction of sp³-hybridized carbons (Fsp3) is 0.485. The van der Waals surface area contributed by atoms with E-state index in [9.17, 15) is 19.5 Å². The van der Waals surface area contributed by atoms with Crippen molar-refractivity contribution in [1.82, 2.24) is 4.90 Å². The first-order valence-corrected chi connectivity index (χ1v) is 15.4. The van der Waals surface area contributed by atoms with Gasteiger partial charge in [0.15, 0.2) is 0 Å². The molecule has 41 heavy (non-hydrogen) atoms. The van der Waals surface area contributed by atoms with Gasteiger partial charge in [-0.25, -0.2) is 0 Å². The van der Waals surface area contributed by atoms with E-state index in [0.717, 1.165) is 22.9 Å². The Labute approximate surface area is 246 Å². The van der Waals surface area contributed by atoms with Gasteiger partial charge in [-0.15, -0.1) is 24.9 Å². The molecule has 2 amide bonds. The molecule has 3 fully saturated rings. The third-order valence-corrected chi connectivity index (χ3v) is 11.3. The minimum Gasteiger partial charge on any atom is -0.465 e. The number of hydrogen-bond acceptors (Lipinski definition) is 6. The molecule has 0 aromatic heterocycles. The average Bonchev–Trinajstić information content (AvgIpc) is 3.55. The van der Waals surface area contributed by atoms with Crippen LogP contribution in [0.3, 0.4) is 0 Å². The van der Waals surface area contributed by atoms with E-state index in [1.165, 1.54) is 0 Å². The van der Waals surface area contributed by atoms with Crippen molar-refractivity contribution in [3.63, 3.8) is 0 Å². The number of anilines is 1. The molecule has 7 nitrogen and oxygen atoms in total. The Hall–Kier alpha value is -3.10. The van der Waals surface area contributed by atoms with Crippen LogP contribution in [0.25, 0.3) is 10.8 Å². The first-order chi connectivity index (χ1) is 19.7. The standard InChI is InChI=1S/C33H40N2O5S/c1-6-8-16-40-32(39)27-26-17-21(5)33(41-26)28(27)30(37)35(25(19-36)20(3)4)29(33)31(38)34(15-7-2)24-14-13-22-11-9-10-12-23(22)18-24/h6-7,9-14,18,20-21,25-29,36H,1-2,8,15-17,19H2,3-5H3/t21?,25-,26-,27+,28-,29?,33?/m0/s1. The smallest absolute Gasteiger partial charge is 0.310 e. The van der Waals surface area contributed by atoms with Gasteiger partial charge in [0.1, 0.15) is 6.04 Å². The van der Waals surface area contributed by atoms with Gasteiger partial charge in [0, 0.05) is 17.5 Å². The predicted molar refractivity (Wildman–Crippen MR) is 163 cm³/mol. The van der Waals surface area contributed by atoms with Gasteiger partial charge in [0.05, 0.1) is 35.8 Å². The second-order valence-electron chi connectivity index (χ2n) is 11.8. The molecule has 3 aliphatic rings. The molecule has 0 aliphatic carbocycles. The van der Waals surface area contributed by atoms with E-state index in [0.29, 0.717) is 6.42 Å². The van der Waals surface area contributed by atoms with Crippen molar-refractivity contribution < 1.29 is 24.2 Å². The molecule has 1 spiro atoms. The average molecular weight is 577 g/mol. The Morgan fingerprint density at radius 1 is 1.20 bits per heavy atom. The molecule has 0 saturated carbocycles. The van der Waals surface area contributed by atoms with E-state index >= 15 is 0 Å². The van der Waals surface area contributed by atoms with Gasteiger partial charge in [0.2, 0.25) is 5.91 Å². The molecule has 2 aromatic rings. The highest BCUT2D eigenvalue weighted by atomic mass is 32.2. The second-order valence-corrected chi connectivity index (χ2v) is 13.4. The lowest BCUT2D eigenvalue weighted by Gasteiger charge is -2.42. The number of amides is 2. The van der Waals surface area contributed by atoms with Crippen molar-refractivity contribution in [3.05, 3.63) is 67.8 Å². The van der Waals surface area contributed by atoms with E-state index in [4.69, 9.17) is 4.74 Å². The summed E-state index contributed by atoms with van der Waals surface area (Å²) in [4.78, 5) is 46.1. The van der Waals surface area contributed by atoms with Gasteiger partial charge in [0.25, 0.3) is 5.91 Å². The summed E-state index contributed by atoms with van der Waals surface area (Å²) in [7, 11) is 0. The maximum Gasteiger partial charge on any atom is 0.310 e. The van der Waals surface area contributed by atoms with Crippen LogP contribution in [0.1, 0.15) is 33.6 Å². The van der Waals surface area contributed by atoms with Crippen LogP contribution in [0.15, 0.2) is 67.8 Å². The van der Waals surface area contributed by atoms with Gasteiger partial charge in [-0.05, 0) is 47.6 Å². The summed E-state index contributed by atoms with van der Waals surface area (Å²) in [6.45, 7) is 13.8. The summed E-state index contributed by atoms with van der Waals surface area (Å²) >= 11 is 1.61. The fourth-order valence-electron chi connectivity index (χ4n) is 7.27. The van der Waals surface area contributed by atoms with Crippen molar-refractivity contribution in [2.75, 3.05) is 24.7 Å². The molecule has 5 rings (SSSR count). The van der Waals surface area contributed by atoms with Crippen LogP contribution in [0.2, 0.25) is 0 Å². The summed E-state index contributed by atoms with van der Waals surface area (Å²) in [5, 5.41) is 12.5. The molecule has 2 aromatic carbocycles. The molecular weight excluding hydrogens is 536 g/mol. The molecule has 3 heterocycles. The third-order valence-electron chi connectivity index (χ3n) is 9.19. The summed E-state index contributed by atoms with van der Waals surface area (Å²) < 4.78 is 4.81. The normalized spacial score (nSPS) is 29.0. The van der Waals surface area contributed by atoms with Gasteiger partial charge in [-0.2, -0.15) is 0 Å². The number of aliphatic hydroxyl groups is 1. The highest BCUT2D eigenvalue weighted by molar-refractivity contribution is 8.02. The zero-order valence-electron chi connectivity index (χ0n) is 24.1. The lowest BCUT2D eigenvalue weighted by Crippen LogP contribution is -2.60. The largest absolute Gasteiger partial charge is 0.465 e. The molecule has 2 bridgehead atoms. The Morgan fingerprint density at radius 2 is 1.93 bits per heavy atom. The van der Waals surface area contributed by atoms with Crippen LogP contribution >= 0.6 is 11.8 Å². The van der Waals surface area contributed by atoms with Gasteiger partial charge >= 0.3 is 5.97 Å². The Balaban J connectivity index is 1.61. The van der Waals surface area contributed by atoms with E-state index in [1.54, 1.807) is 33.7 Å².